The summed E-state index contributed by atoms with van der Waals surface area (Å²) in [6.07, 6.45) is -5.39. The predicted molar refractivity (Wildman–Crippen MR) is 112 cm³/mol. The first-order chi connectivity index (χ1) is 15.9. The van der Waals surface area contributed by atoms with Gasteiger partial charge in [-0.3, -0.25) is 19.7 Å². The van der Waals surface area contributed by atoms with Gasteiger partial charge in [0.05, 0.1) is 29.9 Å². The van der Waals surface area contributed by atoms with Crippen molar-refractivity contribution in [2.24, 2.45) is 0 Å². The Balaban J connectivity index is 2.26. The average Bonchev–Trinajstić information content (AvgIpc) is 2.76. The summed E-state index contributed by atoms with van der Waals surface area (Å²) in [5.74, 6) is -4.15. The number of halogens is 3. The highest BCUT2D eigenvalue weighted by molar-refractivity contribution is 5.86. The molecule has 2 rings (SSSR count). The predicted octanol–water partition coefficient (Wildman–Crippen LogP) is 3.46. The number of hydrogen-bond acceptors (Lipinski definition) is 6. The molecule has 0 fully saturated rings. The fourth-order valence-corrected chi connectivity index (χ4v) is 3.23. The van der Waals surface area contributed by atoms with E-state index in [0.29, 0.717) is 0 Å². The Hall–Kier alpha value is -3.96. The number of hydrogen-bond donors (Lipinski definition) is 2. The van der Waals surface area contributed by atoms with Crippen molar-refractivity contribution in [1.82, 2.24) is 5.32 Å². The van der Waals surface area contributed by atoms with Crippen molar-refractivity contribution in [3.63, 3.8) is 0 Å². The summed E-state index contributed by atoms with van der Waals surface area (Å²) in [4.78, 5) is 46.8. The first-order valence-electron chi connectivity index (χ1n) is 10.0. The van der Waals surface area contributed by atoms with E-state index in [0.717, 1.165) is 36.4 Å². The van der Waals surface area contributed by atoms with Gasteiger partial charge in [0, 0.05) is 18.1 Å². The number of carboxylic acid groups (broad SMARTS) is 1. The molecule has 0 heterocycles. The van der Waals surface area contributed by atoms with Gasteiger partial charge in [0.15, 0.2) is 0 Å². The van der Waals surface area contributed by atoms with Gasteiger partial charge in [-0.25, -0.2) is 4.79 Å². The number of ether oxygens (including phenoxy) is 1. The van der Waals surface area contributed by atoms with Crippen molar-refractivity contribution in [3.05, 3.63) is 75.3 Å². The minimum absolute atomic E-state index is 0.0316. The Labute approximate surface area is 191 Å². The number of amides is 1. The van der Waals surface area contributed by atoms with Crippen LogP contribution in [0.4, 0.5) is 18.9 Å². The monoisotopic (exact) mass is 482 g/mol. The highest BCUT2D eigenvalue weighted by Crippen LogP contribution is 2.29. The number of nitro groups is 1. The van der Waals surface area contributed by atoms with E-state index in [1.807, 2.05) is 0 Å². The van der Waals surface area contributed by atoms with Gasteiger partial charge in [-0.05, 0) is 30.2 Å². The number of benzene rings is 2. The molecule has 0 aliphatic carbocycles. The van der Waals surface area contributed by atoms with Crippen molar-refractivity contribution in [3.8, 4) is 0 Å². The van der Waals surface area contributed by atoms with Crippen LogP contribution in [0.2, 0.25) is 0 Å². The van der Waals surface area contributed by atoms with Gasteiger partial charge in [0.2, 0.25) is 5.91 Å². The van der Waals surface area contributed by atoms with Gasteiger partial charge in [-0.15, -0.1) is 0 Å². The van der Waals surface area contributed by atoms with Gasteiger partial charge in [-0.2, -0.15) is 13.2 Å². The molecule has 182 valence electrons. The lowest BCUT2D eigenvalue weighted by molar-refractivity contribution is -0.384. The van der Waals surface area contributed by atoms with Crippen LogP contribution in [-0.2, 0) is 31.7 Å². The molecular formula is C22H21F3N2O7. The smallest absolute Gasteiger partial charge is 0.416 e. The molecule has 0 saturated carbocycles. The second-order valence-electron chi connectivity index (χ2n) is 7.22. The highest BCUT2D eigenvalue weighted by atomic mass is 19.4. The van der Waals surface area contributed by atoms with Gasteiger partial charge in [0.25, 0.3) is 5.69 Å². The fraction of sp³-hybridized carbons (Fsp3) is 0.318. The minimum atomic E-state index is -4.54. The normalized spacial score (nSPS) is 12.9. The Bertz CT molecular complexity index is 1040. The number of esters is 1. The van der Waals surface area contributed by atoms with Crippen molar-refractivity contribution in [2.45, 2.75) is 37.9 Å². The summed E-state index contributed by atoms with van der Waals surface area (Å²) in [7, 11) is 0. The summed E-state index contributed by atoms with van der Waals surface area (Å²) in [5, 5.41) is 22.9. The Kier molecular flexibility index (Phi) is 8.70. The quantitative estimate of drug-likeness (QED) is 0.301. The maximum absolute atomic E-state index is 12.7. The summed E-state index contributed by atoms with van der Waals surface area (Å²) >= 11 is 0. The number of nitrogens with zero attached hydrogens (tertiary/aromatic N) is 1. The zero-order chi connectivity index (χ0) is 25.5. The van der Waals surface area contributed by atoms with Crippen LogP contribution in [0.1, 0.15) is 36.0 Å². The van der Waals surface area contributed by atoms with Crippen molar-refractivity contribution in [2.75, 3.05) is 6.61 Å². The number of nitro benzene ring substituents is 1. The van der Waals surface area contributed by atoms with Crippen molar-refractivity contribution >= 4 is 23.5 Å². The first kappa shape index (κ1) is 26.3. The maximum atomic E-state index is 12.7. The molecule has 12 heteroatoms. The minimum Gasteiger partial charge on any atom is -0.480 e. The van der Waals surface area contributed by atoms with E-state index in [9.17, 15) is 42.8 Å². The van der Waals surface area contributed by atoms with Crippen molar-refractivity contribution < 1.29 is 42.3 Å². The molecule has 2 aromatic carbocycles. The van der Waals surface area contributed by atoms with E-state index in [2.05, 4.69) is 5.32 Å². The van der Waals surface area contributed by atoms with Crippen LogP contribution < -0.4 is 5.32 Å². The van der Waals surface area contributed by atoms with Crippen LogP contribution in [0, 0.1) is 10.1 Å². The van der Waals surface area contributed by atoms with Crippen LogP contribution in [0.5, 0.6) is 0 Å². The Morgan fingerprint density at radius 2 is 1.68 bits per heavy atom. The Morgan fingerprint density at radius 1 is 1.09 bits per heavy atom. The molecule has 0 unspecified atom stereocenters. The zero-order valence-electron chi connectivity index (χ0n) is 17.9. The van der Waals surface area contributed by atoms with Crippen LogP contribution >= 0.6 is 0 Å². The van der Waals surface area contributed by atoms with Gasteiger partial charge in [-0.1, -0.05) is 24.3 Å². The third-order valence-corrected chi connectivity index (χ3v) is 4.85. The third kappa shape index (κ3) is 7.29. The van der Waals surface area contributed by atoms with Gasteiger partial charge >= 0.3 is 18.1 Å². The third-order valence-electron chi connectivity index (χ3n) is 4.85. The number of aliphatic carboxylic acids is 1. The number of carbonyl (C=O) groups is 3. The van der Waals surface area contributed by atoms with Gasteiger partial charge < -0.3 is 15.2 Å². The molecule has 0 saturated heterocycles. The molecule has 0 bridgehead atoms. The highest BCUT2D eigenvalue weighted by Gasteiger charge is 2.34. The molecular weight excluding hydrogens is 461 g/mol. The van der Waals surface area contributed by atoms with E-state index in [4.69, 9.17) is 4.74 Å². The van der Waals surface area contributed by atoms with Crippen LogP contribution in [0.3, 0.4) is 0 Å². The van der Waals surface area contributed by atoms with E-state index in [1.54, 1.807) is 6.92 Å². The molecule has 1 amide bonds. The van der Waals surface area contributed by atoms with Crippen LogP contribution in [0.15, 0.2) is 48.5 Å². The second kappa shape index (κ2) is 11.3. The molecule has 0 spiro atoms. The summed E-state index contributed by atoms with van der Waals surface area (Å²) < 4.78 is 43.0. The molecule has 0 radical (unpaired) electrons. The summed E-state index contributed by atoms with van der Waals surface area (Å²) in [6.45, 7) is 1.59. The average molecular weight is 482 g/mol. The maximum Gasteiger partial charge on any atom is 0.416 e. The number of rotatable bonds is 10. The zero-order valence-corrected chi connectivity index (χ0v) is 17.9. The number of nitrogens with one attached hydrogen (secondary N) is 1. The molecule has 0 aliphatic rings. The summed E-state index contributed by atoms with van der Waals surface area (Å²) in [6, 6.07) is 7.02. The molecule has 9 nitrogen and oxygen atoms in total. The number of carbonyl (C=O) groups excluding carboxylic acids is 2. The van der Waals surface area contributed by atoms with Crippen LogP contribution in [-0.4, -0.2) is 40.5 Å². The van der Waals surface area contributed by atoms with E-state index < -0.39 is 59.3 Å². The fourth-order valence-electron chi connectivity index (χ4n) is 3.23. The van der Waals surface area contributed by atoms with E-state index in [1.165, 1.54) is 12.1 Å². The van der Waals surface area contributed by atoms with Crippen LogP contribution in [0.25, 0.3) is 0 Å². The summed E-state index contributed by atoms with van der Waals surface area (Å²) in [5.41, 5.74) is -0.697. The number of carboxylic acids is 1. The lowest BCUT2D eigenvalue weighted by Gasteiger charge is -2.25. The molecule has 0 aromatic heterocycles. The lowest BCUT2D eigenvalue weighted by atomic mass is 9.88. The number of non-ortho nitro benzene ring substituents is 1. The standard InChI is InChI=1S/C22H21F3N2O7/c1-2-34-19(29)12-17(14-5-9-16(10-6-14)27(32)33)20(21(30)31)26-18(28)11-13-3-7-15(8-4-13)22(23,24)25/h3-10,17,20H,2,11-12H2,1H3,(H,26,28)(H,30,31)/t17-,20+/m0/s1. The Morgan fingerprint density at radius 3 is 2.15 bits per heavy atom. The lowest BCUT2D eigenvalue weighted by Crippen LogP contribution is -2.46. The topological polar surface area (TPSA) is 136 Å². The van der Waals surface area contributed by atoms with Crippen molar-refractivity contribution in [1.29, 1.82) is 0 Å². The van der Waals surface area contributed by atoms with Gasteiger partial charge in [0.1, 0.15) is 6.04 Å². The first-order valence-corrected chi connectivity index (χ1v) is 10.0. The SMILES string of the molecule is CCOC(=O)C[C@@H](c1ccc([N+](=O)[O-])cc1)[C@@H](NC(=O)Cc1ccc(C(F)(F)F)cc1)C(=O)O. The molecule has 2 aromatic rings. The molecule has 0 aliphatic heterocycles. The molecule has 2 atom stereocenters. The largest absolute Gasteiger partial charge is 0.480 e. The second-order valence-corrected chi connectivity index (χ2v) is 7.22. The van der Waals surface area contributed by atoms with E-state index in [-0.39, 0.29) is 23.4 Å². The number of alkyl halides is 3. The van der Waals surface area contributed by atoms with E-state index >= 15 is 0 Å². The molecule has 34 heavy (non-hydrogen) atoms. The molecule has 2 N–H and O–H groups in total.